The number of hydrogen-bond donors (Lipinski definition) is 1. The van der Waals surface area contributed by atoms with Gasteiger partial charge in [-0.2, -0.15) is 0 Å². The van der Waals surface area contributed by atoms with Gasteiger partial charge in [0.1, 0.15) is 5.01 Å². The highest BCUT2D eigenvalue weighted by atomic mass is 32.1. The van der Waals surface area contributed by atoms with Crippen molar-refractivity contribution in [1.82, 2.24) is 15.2 Å². The number of thiazole rings is 1. The zero-order valence-electron chi connectivity index (χ0n) is 9.78. The van der Waals surface area contributed by atoms with E-state index in [-0.39, 0.29) is 5.54 Å². The predicted molar refractivity (Wildman–Crippen MR) is 66.7 cm³/mol. The average molecular weight is 237 g/mol. The molecule has 0 bridgehead atoms. The zero-order chi connectivity index (χ0) is 11.0. The molecule has 16 heavy (non-hydrogen) atoms. The summed E-state index contributed by atoms with van der Waals surface area (Å²) in [5.74, 6) is 0. The molecular formula is C12H19N3S. The minimum atomic E-state index is 0.182. The van der Waals surface area contributed by atoms with Gasteiger partial charge in [-0.25, -0.2) is 4.98 Å². The van der Waals surface area contributed by atoms with Gasteiger partial charge in [-0.05, 0) is 32.7 Å². The third-order valence-electron chi connectivity index (χ3n) is 3.74. The first-order valence-corrected chi connectivity index (χ1v) is 7.03. The first-order valence-electron chi connectivity index (χ1n) is 6.15. The summed E-state index contributed by atoms with van der Waals surface area (Å²) < 4.78 is 0. The van der Waals surface area contributed by atoms with Crippen molar-refractivity contribution < 1.29 is 0 Å². The molecule has 3 nitrogen and oxygen atoms in total. The summed E-state index contributed by atoms with van der Waals surface area (Å²) in [5, 5.41) is 7.25. The van der Waals surface area contributed by atoms with Crippen LogP contribution in [0.5, 0.6) is 0 Å². The summed E-state index contributed by atoms with van der Waals surface area (Å²) >= 11 is 1.81. The Morgan fingerprint density at radius 3 is 2.75 bits per heavy atom. The summed E-state index contributed by atoms with van der Waals surface area (Å²) in [4.78, 5) is 6.97. The molecule has 2 heterocycles. The molecule has 0 unspecified atom stereocenters. The van der Waals surface area contributed by atoms with E-state index in [9.17, 15) is 0 Å². The van der Waals surface area contributed by atoms with E-state index in [0.717, 1.165) is 6.04 Å². The van der Waals surface area contributed by atoms with Gasteiger partial charge in [-0.15, -0.1) is 11.3 Å². The topological polar surface area (TPSA) is 28.2 Å². The van der Waals surface area contributed by atoms with E-state index < -0.39 is 0 Å². The van der Waals surface area contributed by atoms with Gasteiger partial charge >= 0.3 is 0 Å². The molecular weight excluding hydrogens is 218 g/mol. The van der Waals surface area contributed by atoms with Crippen molar-refractivity contribution in [3.8, 4) is 0 Å². The fourth-order valence-electron chi connectivity index (χ4n) is 2.50. The van der Waals surface area contributed by atoms with E-state index in [1.54, 1.807) is 0 Å². The molecule has 2 fully saturated rings. The number of likely N-dealkylation sites (tertiary alicyclic amines) is 1. The van der Waals surface area contributed by atoms with E-state index in [4.69, 9.17) is 0 Å². The monoisotopic (exact) mass is 237 g/mol. The summed E-state index contributed by atoms with van der Waals surface area (Å²) in [7, 11) is 2.21. The molecule has 1 saturated carbocycles. The van der Waals surface area contributed by atoms with Gasteiger partial charge in [0.2, 0.25) is 0 Å². The smallest absolute Gasteiger partial charge is 0.113 e. The van der Waals surface area contributed by atoms with Crippen LogP contribution in [0, 0.1) is 0 Å². The second-order valence-corrected chi connectivity index (χ2v) is 6.04. The van der Waals surface area contributed by atoms with Crippen LogP contribution in [0.2, 0.25) is 0 Å². The maximum absolute atomic E-state index is 4.56. The quantitative estimate of drug-likeness (QED) is 0.869. The number of nitrogens with zero attached hydrogens (tertiary/aromatic N) is 2. The Hall–Kier alpha value is -0.450. The number of hydrogen-bond acceptors (Lipinski definition) is 4. The Morgan fingerprint density at radius 1 is 1.44 bits per heavy atom. The first-order chi connectivity index (χ1) is 7.78. The molecule has 0 radical (unpaired) electrons. The van der Waals surface area contributed by atoms with Gasteiger partial charge in [0, 0.05) is 30.7 Å². The number of rotatable bonds is 3. The van der Waals surface area contributed by atoms with Gasteiger partial charge in [0.25, 0.3) is 0 Å². The molecule has 1 aliphatic heterocycles. The van der Waals surface area contributed by atoms with Crippen LogP contribution in [0.3, 0.4) is 0 Å². The van der Waals surface area contributed by atoms with Crippen molar-refractivity contribution in [2.24, 2.45) is 0 Å². The maximum atomic E-state index is 4.56. The molecule has 0 aromatic carbocycles. The van der Waals surface area contributed by atoms with Crippen molar-refractivity contribution in [3.05, 3.63) is 16.6 Å². The molecule has 2 aliphatic rings. The van der Waals surface area contributed by atoms with E-state index in [2.05, 4.69) is 27.6 Å². The van der Waals surface area contributed by atoms with Crippen LogP contribution in [0.1, 0.15) is 30.7 Å². The second-order valence-electron chi connectivity index (χ2n) is 5.14. The van der Waals surface area contributed by atoms with Gasteiger partial charge in [0.05, 0.1) is 5.54 Å². The fourth-order valence-corrected chi connectivity index (χ4v) is 3.36. The summed E-state index contributed by atoms with van der Waals surface area (Å²) in [6, 6.07) is 0.757. The molecule has 0 amide bonds. The Labute approximate surface area is 101 Å². The molecule has 1 aliphatic carbocycles. The predicted octanol–water partition coefficient (Wildman–Crippen LogP) is 1.82. The highest BCUT2D eigenvalue weighted by Gasteiger charge is 2.41. The Kier molecular flexibility index (Phi) is 2.73. The Balaban J connectivity index is 1.82. The number of nitrogens with one attached hydrogen (secondary N) is 1. The van der Waals surface area contributed by atoms with Crippen molar-refractivity contribution >= 4 is 11.3 Å². The maximum Gasteiger partial charge on any atom is 0.113 e. The van der Waals surface area contributed by atoms with Crippen molar-refractivity contribution in [2.75, 3.05) is 20.1 Å². The molecule has 1 N–H and O–H groups in total. The first kappa shape index (κ1) is 10.7. The normalized spacial score (nSPS) is 25.8. The van der Waals surface area contributed by atoms with E-state index in [1.807, 2.05) is 17.5 Å². The highest BCUT2D eigenvalue weighted by molar-refractivity contribution is 7.09. The van der Waals surface area contributed by atoms with E-state index in [1.165, 1.54) is 43.8 Å². The Morgan fingerprint density at radius 2 is 2.19 bits per heavy atom. The van der Waals surface area contributed by atoms with Crippen molar-refractivity contribution in [2.45, 2.75) is 37.3 Å². The minimum Gasteiger partial charge on any atom is -0.306 e. The molecule has 1 saturated heterocycles. The van der Waals surface area contributed by atoms with Crippen LogP contribution in [0.25, 0.3) is 0 Å². The SMILES string of the molecule is CN1CCC(NC2CC2)(c2nccs2)CC1. The third kappa shape index (κ3) is 2.01. The van der Waals surface area contributed by atoms with Crippen LogP contribution in [0.15, 0.2) is 11.6 Å². The summed E-state index contributed by atoms with van der Waals surface area (Å²) in [6.45, 7) is 2.36. The van der Waals surface area contributed by atoms with Crippen LogP contribution >= 0.6 is 11.3 Å². The largest absolute Gasteiger partial charge is 0.306 e. The minimum absolute atomic E-state index is 0.182. The lowest BCUT2D eigenvalue weighted by Crippen LogP contribution is -2.51. The van der Waals surface area contributed by atoms with Crippen LogP contribution in [0.4, 0.5) is 0 Å². The summed E-state index contributed by atoms with van der Waals surface area (Å²) in [6.07, 6.45) is 7.04. The second kappa shape index (κ2) is 4.09. The summed E-state index contributed by atoms with van der Waals surface area (Å²) in [5.41, 5.74) is 0.182. The van der Waals surface area contributed by atoms with Gasteiger partial charge < -0.3 is 10.2 Å². The lowest BCUT2D eigenvalue weighted by atomic mass is 9.88. The molecule has 0 spiro atoms. The number of piperidine rings is 1. The van der Waals surface area contributed by atoms with Gasteiger partial charge in [-0.3, -0.25) is 0 Å². The lowest BCUT2D eigenvalue weighted by Gasteiger charge is -2.40. The van der Waals surface area contributed by atoms with E-state index >= 15 is 0 Å². The lowest BCUT2D eigenvalue weighted by molar-refractivity contribution is 0.154. The van der Waals surface area contributed by atoms with Gasteiger partial charge in [0.15, 0.2) is 0 Å². The molecule has 1 aromatic heterocycles. The standard InChI is InChI=1S/C12H19N3S/c1-15-7-4-12(5-8-15,14-10-2-3-10)11-13-6-9-16-11/h6,9-10,14H,2-5,7-8H2,1H3. The van der Waals surface area contributed by atoms with Crippen molar-refractivity contribution in [3.63, 3.8) is 0 Å². The molecule has 4 heteroatoms. The molecule has 88 valence electrons. The van der Waals surface area contributed by atoms with Crippen LogP contribution < -0.4 is 5.32 Å². The zero-order valence-corrected chi connectivity index (χ0v) is 10.6. The molecule has 1 aromatic rings. The highest BCUT2D eigenvalue weighted by Crippen LogP contribution is 2.37. The van der Waals surface area contributed by atoms with Crippen LogP contribution in [-0.4, -0.2) is 36.1 Å². The van der Waals surface area contributed by atoms with Crippen LogP contribution in [-0.2, 0) is 5.54 Å². The fraction of sp³-hybridized carbons (Fsp3) is 0.750. The number of aromatic nitrogens is 1. The third-order valence-corrected chi connectivity index (χ3v) is 4.72. The average Bonchev–Trinajstić information content (AvgIpc) is 2.93. The van der Waals surface area contributed by atoms with Crippen molar-refractivity contribution in [1.29, 1.82) is 0 Å². The van der Waals surface area contributed by atoms with Gasteiger partial charge in [-0.1, -0.05) is 0 Å². The van der Waals surface area contributed by atoms with E-state index in [0.29, 0.717) is 0 Å². The molecule has 0 atom stereocenters. The molecule has 3 rings (SSSR count). The Bertz CT molecular complexity index is 337.